The SMILES string of the molecule is CCOc1ccc(C(=O)NCc2ccc3c(c2)CCN3C(C)=O)cc1OCC. The first kappa shape index (κ1) is 19.7. The van der Waals surface area contributed by atoms with Crippen LogP contribution in [0.15, 0.2) is 36.4 Å². The quantitative estimate of drug-likeness (QED) is 0.798. The first-order valence-corrected chi connectivity index (χ1v) is 9.61. The second-order valence-electron chi connectivity index (χ2n) is 6.59. The number of hydrogen-bond donors (Lipinski definition) is 1. The third-order valence-corrected chi connectivity index (χ3v) is 4.68. The van der Waals surface area contributed by atoms with Crippen LogP contribution in [0.25, 0.3) is 0 Å². The van der Waals surface area contributed by atoms with Gasteiger partial charge < -0.3 is 19.7 Å². The van der Waals surface area contributed by atoms with Crippen LogP contribution in [0, 0.1) is 0 Å². The molecule has 2 amide bonds. The Hall–Kier alpha value is -3.02. The number of carbonyl (C=O) groups excluding carboxylic acids is 2. The molecule has 0 aromatic heterocycles. The molecule has 0 aliphatic carbocycles. The standard InChI is InChI=1S/C22H26N2O4/c1-4-27-20-9-7-18(13-21(20)28-5-2)22(26)23-14-16-6-8-19-17(12-16)10-11-24(19)15(3)25/h6-9,12-13H,4-5,10-11,14H2,1-3H3,(H,23,26). The van der Waals surface area contributed by atoms with Crippen molar-refractivity contribution >= 4 is 17.5 Å². The zero-order chi connectivity index (χ0) is 20.1. The molecule has 0 saturated heterocycles. The van der Waals surface area contributed by atoms with Crippen LogP contribution < -0.4 is 19.7 Å². The van der Waals surface area contributed by atoms with Gasteiger partial charge in [0.25, 0.3) is 5.91 Å². The summed E-state index contributed by atoms with van der Waals surface area (Å²) in [5.41, 5.74) is 3.64. The van der Waals surface area contributed by atoms with Crippen molar-refractivity contribution in [3.05, 3.63) is 53.1 Å². The zero-order valence-corrected chi connectivity index (χ0v) is 16.6. The Labute approximate surface area is 165 Å². The van der Waals surface area contributed by atoms with Crippen molar-refractivity contribution in [2.75, 3.05) is 24.7 Å². The van der Waals surface area contributed by atoms with Gasteiger partial charge in [-0.25, -0.2) is 0 Å². The normalized spacial score (nSPS) is 12.5. The molecule has 0 atom stereocenters. The van der Waals surface area contributed by atoms with E-state index in [9.17, 15) is 9.59 Å². The number of nitrogens with zero attached hydrogens (tertiary/aromatic N) is 1. The van der Waals surface area contributed by atoms with Gasteiger partial charge in [0.05, 0.1) is 13.2 Å². The molecule has 6 heteroatoms. The van der Waals surface area contributed by atoms with Crippen LogP contribution in [0.3, 0.4) is 0 Å². The number of rotatable bonds is 7. The molecule has 148 valence electrons. The van der Waals surface area contributed by atoms with Crippen LogP contribution in [-0.2, 0) is 17.8 Å². The van der Waals surface area contributed by atoms with Gasteiger partial charge in [-0.1, -0.05) is 12.1 Å². The number of benzene rings is 2. The highest BCUT2D eigenvalue weighted by Crippen LogP contribution is 2.30. The molecule has 2 aromatic carbocycles. The number of ether oxygens (including phenoxy) is 2. The van der Waals surface area contributed by atoms with E-state index in [0.717, 1.165) is 23.2 Å². The number of anilines is 1. The van der Waals surface area contributed by atoms with Gasteiger partial charge in [0.1, 0.15) is 0 Å². The second-order valence-corrected chi connectivity index (χ2v) is 6.59. The Morgan fingerprint density at radius 1 is 1.04 bits per heavy atom. The Balaban J connectivity index is 1.67. The highest BCUT2D eigenvalue weighted by atomic mass is 16.5. The fraction of sp³-hybridized carbons (Fsp3) is 0.364. The van der Waals surface area contributed by atoms with Gasteiger partial charge in [-0.15, -0.1) is 0 Å². The first-order valence-electron chi connectivity index (χ1n) is 9.61. The minimum atomic E-state index is -0.171. The summed E-state index contributed by atoms with van der Waals surface area (Å²) >= 11 is 0. The molecule has 0 saturated carbocycles. The second kappa shape index (κ2) is 8.78. The maximum atomic E-state index is 12.6. The van der Waals surface area contributed by atoms with E-state index < -0.39 is 0 Å². The molecule has 6 nitrogen and oxygen atoms in total. The van der Waals surface area contributed by atoms with Crippen molar-refractivity contribution in [2.45, 2.75) is 33.7 Å². The minimum Gasteiger partial charge on any atom is -0.490 e. The predicted molar refractivity (Wildman–Crippen MR) is 108 cm³/mol. The molecule has 1 N–H and O–H groups in total. The molecule has 0 radical (unpaired) electrons. The lowest BCUT2D eigenvalue weighted by molar-refractivity contribution is -0.116. The molecule has 1 aliphatic rings. The summed E-state index contributed by atoms with van der Waals surface area (Å²) in [5.74, 6) is 1.09. The number of carbonyl (C=O) groups is 2. The van der Waals surface area contributed by atoms with E-state index >= 15 is 0 Å². The maximum Gasteiger partial charge on any atom is 0.251 e. The fourth-order valence-electron chi connectivity index (χ4n) is 3.37. The van der Waals surface area contributed by atoms with Crippen molar-refractivity contribution in [1.29, 1.82) is 0 Å². The average Bonchev–Trinajstić information content (AvgIpc) is 3.11. The van der Waals surface area contributed by atoms with Crippen LogP contribution in [-0.4, -0.2) is 31.6 Å². The Bertz CT molecular complexity index is 879. The Kier molecular flexibility index (Phi) is 6.19. The van der Waals surface area contributed by atoms with E-state index in [1.807, 2.05) is 26.0 Å². The van der Waals surface area contributed by atoms with E-state index in [-0.39, 0.29) is 11.8 Å². The average molecular weight is 382 g/mol. The molecule has 3 rings (SSSR count). The Morgan fingerprint density at radius 2 is 1.79 bits per heavy atom. The molecule has 28 heavy (non-hydrogen) atoms. The van der Waals surface area contributed by atoms with Gasteiger partial charge in [-0.2, -0.15) is 0 Å². The number of fused-ring (bicyclic) bond motifs is 1. The first-order chi connectivity index (χ1) is 13.5. The van der Waals surface area contributed by atoms with Crippen LogP contribution >= 0.6 is 0 Å². The van der Waals surface area contributed by atoms with Gasteiger partial charge in [0.15, 0.2) is 11.5 Å². The topological polar surface area (TPSA) is 67.9 Å². The molecule has 0 fully saturated rings. The molecule has 1 heterocycles. The van der Waals surface area contributed by atoms with E-state index in [2.05, 4.69) is 11.4 Å². The fourth-order valence-corrected chi connectivity index (χ4v) is 3.37. The van der Waals surface area contributed by atoms with Gasteiger partial charge in [0.2, 0.25) is 5.91 Å². The lowest BCUT2D eigenvalue weighted by Gasteiger charge is -2.15. The van der Waals surface area contributed by atoms with Crippen molar-refractivity contribution in [2.24, 2.45) is 0 Å². The number of hydrogen-bond acceptors (Lipinski definition) is 4. The summed E-state index contributed by atoms with van der Waals surface area (Å²) < 4.78 is 11.1. The maximum absolute atomic E-state index is 12.6. The molecule has 0 bridgehead atoms. The third-order valence-electron chi connectivity index (χ3n) is 4.68. The lowest BCUT2D eigenvalue weighted by Crippen LogP contribution is -2.25. The number of amides is 2. The summed E-state index contributed by atoms with van der Waals surface area (Å²) in [6, 6.07) is 11.2. The number of nitrogens with one attached hydrogen (secondary N) is 1. The van der Waals surface area contributed by atoms with Gasteiger partial charge in [0, 0.05) is 31.3 Å². The Morgan fingerprint density at radius 3 is 2.50 bits per heavy atom. The molecular formula is C22H26N2O4. The largest absolute Gasteiger partial charge is 0.490 e. The van der Waals surface area contributed by atoms with E-state index in [4.69, 9.17) is 9.47 Å². The smallest absolute Gasteiger partial charge is 0.251 e. The van der Waals surface area contributed by atoms with E-state index in [1.165, 1.54) is 0 Å². The summed E-state index contributed by atoms with van der Waals surface area (Å²) in [6.45, 7) is 7.54. The molecule has 0 spiro atoms. The molecule has 1 aliphatic heterocycles. The van der Waals surface area contributed by atoms with Gasteiger partial charge in [-0.05, 0) is 55.7 Å². The molecule has 0 unspecified atom stereocenters. The highest BCUT2D eigenvalue weighted by Gasteiger charge is 2.22. The van der Waals surface area contributed by atoms with Crippen molar-refractivity contribution in [3.63, 3.8) is 0 Å². The van der Waals surface area contributed by atoms with Crippen LogP contribution in [0.2, 0.25) is 0 Å². The summed E-state index contributed by atoms with van der Waals surface area (Å²) in [4.78, 5) is 26.0. The van der Waals surface area contributed by atoms with Crippen molar-refractivity contribution in [3.8, 4) is 11.5 Å². The van der Waals surface area contributed by atoms with Crippen molar-refractivity contribution in [1.82, 2.24) is 5.32 Å². The van der Waals surface area contributed by atoms with Crippen LogP contribution in [0.5, 0.6) is 11.5 Å². The van der Waals surface area contributed by atoms with Crippen molar-refractivity contribution < 1.29 is 19.1 Å². The highest BCUT2D eigenvalue weighted by molar-refractivity contribution is 5.95. The van der Waals surface area contributed by atoms with Gasteiger partial charge in [-0.3, -0.25) is 9.59 Å². The van der Waals surface area contributed by atoms with Gasteiger partial charge >= 0.3 is 0 Å². The van der Waals surface area contributed by atoms with E-state index in [0.29, 0.717) is 43.4 Å². The lowest BCUT2D eigenvalue weighted by atomic mass is 10.1. The van der Waals surface area contributed by atoms with Crippen LogP contribution in [0.1, 0.15) is 42.3 Å². The summed E-state index contributed by atoms with van der Waals surface area (Å²) in [5, 5.41) is 2.95. The zero-order valence-electron chi connectivity index (χ0n) is 16.6. The summed E-state index contributed by atoms with van der Waals surface area (Å²) in [6.07, 6.45) is 0.841. The van der Waals surface area contributed by atoms with E-state index in [1.54, 1.807) is 30.0 Å². The molecule has 2 aromatic rings. The molecular weight excluding hydrogens is 356 g/mol. The predicted octanol–water partition coefficient (Wildman–Crippen LogP) is 3.32. The third kappa shape index (κ3) is 4.27. The summed E-state index contributed by atoms with van der Waals surface area (Å²) in [7, 11) is 0. The van der Waals surface area contributed by atoms with Crippen LogP contribution in [0.4, 0.5) is 5.69 Å². The minimum absolute atomic E-state index is 0.0559. The monoisotopic (exact) mass is 382 g/mol.